The second kappa shape index (κ2) is 6.55. The third kappa shape index (κ3) is 6.55. The van der Waals surface area contributed by atoms with Gasteiger partial charge in [-0.2, -0.15) is 0 Å². The van der Waals surface area contributed by atoms with Crippen LogP contribution >= 0.6 is 9.47 Å². The van der Waals surface area contributed by atoms with Gasteiger partial charge in [0.05, 0.1) is 6.10 Å². The Morgan fingerprint density at radius 3 is 2.29 bits per heavy atom. The molecule has 0 aliphatic carbocycles. The van der Waals surface area contributed by atoms with Crippen molar-refractivity contribution in [1.82, 2.24) is 0 Å². The minimum atomic E-state index is -0.185. The van der Waals surface area contributed by atoms with Gasteiger partial charge in [-0.3, -0.25) is 0 Å². The monoisotopic (exact) mass is 108 g/mol. The third-order valence-corrected chi connectivity index (χ3v) is 0.816. The van der Waals surface area contributed by atoms with Gasteiger partial charge in [0.25, 0.3) is 0 Å². The first-order chi connectivity index (χ1) is 2.81. The average molecular weight is 108 g/mol. The molecule has 0 N–H and O–H groups in total. The van der Waals surface area contributed by atoms with E-state index in [4.69, 9.17) is 6.42 Å². The van der Waals surface area contributed by atoms with E-state index in [0.717, 1.165) is 0 Å². The van der Waals surface area contributed by atoms with E-state index < -0.39 is 0 Å². The summed E-state index contributed by atoms with van der Waals surface area (Å²) < 4.78 is 4.52. The van der Waals surface area contributed by atoms with Crippen molar-refractivity contribution in [3.63, 3.8) is 0 Å². The summed E-state index contributed by atoms with van der Waals surface area (Å²) in [5.41, 5.74) is 0. The van der Waals surface area contributed by atoms with Gasteiger partial charge in [0.2, 0.25) is 0 Å². The Kier molecular flexibility index (Phi) is 9.83. The molecule has 2 unspecified atom stereocenters. The average Bonchev–Trinajstić information content (AvgIpc) is 1.65. The summed E-state index contributed by atoms with van der Waals surface area (Å²) in [6, 6.07) is 0. The maximum atomic E-state index is 6.42. The van der Waals surface area contributed by atoms with Gasteiger partial charge in [-0.05, 0) is 6.92 Å². The molecule has 0 spiro atoms. The van der Waals surface area contributed by atoms with E-state index in [1.807, 2.05) is 0 Å². The predicted octanol–water partition coefficient (Wildman–Crippen LogP) is -2.22. The van der Waals surface area contributed by atoms with Crippen LogP contribution in [-0.2, 0) is 4.52 Å². The van der Waals surface area contributed by atoms with Gasteiger partial charge in [0.1, 0.15) is 0 Å². The van der Waals surface area contributed by atoms with Gasteiger partial charge in [-0.15, -0.1) is 0 Å². The summed E-state index contributed by atoms with van der Waals surface area (Å²) >= 11 is 0. The van der Waals surface area contributed by atoms with Crippen molar-refractivity contribution in [2.45, 2.75) is 13.0 Å². The molecule has 0 saturated heterocycles. The van der Waals surface area contributed by atoms with Crippen LogP contribution in [-0.4, -0.2) is 6.10 Å². The summed E-state index contributed by atoms with van der Waals surface area (Å²) in [6.07, 6.45) is 6.24. The third-order valence-electron chi connectivity index (χ3n) is 0.407. The van der Waals surface area contributed by atoms with E-state index >= 15 is 0 Å². The fourth-order valence-corrected chi connectivity index (χ4v) is 0.102. The second-order valence-electron chi connectivity index (χ2n) is 0.923. The molecule has 0 aromatic rings. The molecule has 2 atom stereocenters. The first-order valence-electron chi connectivity index (χ1n) is 1.59. The van der Waals surface area contributed by atoms with Crippen molar-refractivity contribution in [2.24, 2.45) is 0 Å². The molecule has 3 heteroatoms. The molecular weight excluding hydrogens is 102 g/mol. The SMILES string of the molecule is [C-]#CC(C)OP.[Li+]. The maximum Gasteiger partial charge on any atom is 1.00 e. The van der Waals surface area contributed by atoms with Crippen molar-refractivity contribution in [1.29, 1.82) is 0 Å². The normalized spacial score (nSPS) is 11.0. The molecule has 0 bridgehead atoms. The molecule has 0 amide bonds. The summed E-state index contributed by atoms with van der Waals surface area (Å²) in [5, 5.41) is 0. The second-order valence-corrected chi connectivity index (χ2v) is 1.19. The van der Waals surface area contributed by atoms with Crippen molar-refractivity contribution in [3.8, 4) is 5.92 Å². The Morgan fingerprint density at radius 1 is 1.86 bits per heavy atom. The fourth-order valence-electron chi connectivity index (χ4n) is 0.0340. The van der Waals surface area contributed by atoms with Crippen molar-refractivity contribution >= 4 is 9.47 Å². The van der Waals surface area contributed by atoms with Crippen LogP contribution in [0.1, 0.15) is 6.92 Å². The van der Waals surface area contributed by atoms with Crippen molar-refractivity contribution in [3.05, 3.63) is 6.42 Å². The number of hydrogen-bond acceptors (Lipinski definition) is 1. The van der Waals surface area contributed by atoms with Gasteiger partial charge in [-0.1, -0.05) is 0 Å². The number of hydrogen-bond donors (Lipinski definition) is 0. The zero-order chi connectivity index (χ0) is 4.99. The van der Waals surface area contributed by atoms with Gasteiger partial charge < -0.3 is 16.9 Å². The van der Waals surface area contributed by atoms with E-state index in [-0.39, 0.29) is 25.0 Å². The van der Waals surface area contributed by atoms with Gasteiger partial charge in [0, 0.05) is 9.47 Å². The van der Waals surface area contributed by atoms with Crippen LogP contribution in [0.25, 0.3) is 0 Å². The molecule has 0 aliphatic heterocycles. The molecule has 0 heterocycles. The quantitative estimate of drug-likeness (QED) is 0.160. The number of rotatable bonds is 1. The maximum absolute atomic E-state index is 6.42. The Morgan fingerprint density at radius 2 is 2.29 bits per heavy atom. The summed E-state index contributed by atoms with van der Waals surface area (Å²) in [6.45, 7) is 1.74. The van der Waals surface area contributed by atoms with Crippen LogP contribution in [0.4, 0.5) is 0 Å². The Bertz CT molecular complexity index is 68.6. The molecule has 34 valence electrons. The molecule has 0 fully saturated rings. The zero-order valence-electron chi connectivity index (χ0n) is 4.56. The minimum Gasteiger partial charge on any atom is -0.691 e. The van der Waals surface area contributed by atoms with Crippen LogP contribution in [0.3, 0.4) is 0 Å². The summed E-state index contributed by atoms with van der Waals surface area (Å²) in [5.74, 6) is 2.12. The topological polar surface area (TPSA) is 9.23 Å². The predicted molar refractivity (Wildman–Crippen MR) is 27.4 cm³/mol. The van der Waals surface area contributed by atoms with E-state index in [9.17, 15) is 0 Å². The largest absolute Gasteiger partial charge is 1.00 e. The first kappa shape index (κ1) is 10.5. The van der Waals surface area contributed by atoms with E-state index in [1.54, 1.807) is 6.92 Å². The molecule has 0 rings (SSSR count). The molecule has 0 aromatic heterocycles. The Balaban J connectivity index is 0. The summed E-state index contributed by atoms with van der Waals surface area (Å²) in [7, 11) is 2.06. The van der Waals surface area contributed by atoms with Crippen molar-refractivity contribution in [2.75, 3.05) is 0 Å². The van der Waals surface area contributed by atoms with E-state index in [0.29, 0.717) is 0 Å². The van der Waals surface area contributed by atoms with E-state index in [1.165, 1.54) is 0 Å². The molecule has 0 radical (unpaired) electrons. The van der Waals surface area contributed by atoms with Crippen LogP contribution in [0.2, 0.25) is 0 Å². The van der Waals surface area contributed by atoms with Crippen LogP contribution in [0.5, 0.6) is 0 Å². The molecular formula is C4H6LiOP. The van der Waals surface area contributed by atoms with E-state index in [2.05, 4.69) is 19.9 Å². The van der Waals surface area contributed by atoms with Gasteiger partial charge >= 0.3 is 18.9 Å². The van der Waals surface area contributed by atoms with Crippen LogP contribution < -0.4 is 18.9 Å². The standard InChI is InChI=1S/C4H6OP.Li/c1-3-4(2)5-6;/h4H,6H2,2H3;/q-1;+1. The molecule has 0 aliphatic rings. The molecule has 1 nitrogen and oxygen atoms in total. The van der Waals surface area contributed by atoms with Gasteiger partial charge in [0.15, 0.2) is 0 Å². The molecule has 7 heavy (non-hydrogen) atoms. The molecule has 0 aromatic carbocycles. The Labute approximate surface area is 58.7 Å². The van der Waals surface area contributed by atoms with Crippen molar-refractivity contribution < 1.29 is 23.4 Å². The van der Waals surface area contributed by atoms with Crippen LogP contribution in [0, 0.1) is 12.3 Å². The fraction of sp³-hybridized carbons (Fsp3) is 0.500. The minimum absolute atomic E-state index is 0. The zero-order valence-corrected chi connectivity index (χ0v) is 5.72. The Hall–Kier alpha value is 0.547. The summed E-state index contributed by atoms with van der Waals surface area (Å²) in [4.78, 5) is 0. The smallest absolute Gasteiger partial charge is 0.691 e. The molecule has 0 saturated carbocycles. The first-order valence-corrected chi connectivity index (χ1v) is 2.06. The van der Waals surface area contributed by atoms with Gasteiger partial charge in [-0.25, -0.2) is 0 Å². The van der Waals surface area contributed by atoms with Crippen LogP contribution in [0.15, 0.2) is 0 Å².